The van der Waals surface area contributed by atoms with Crippen LogP contribution in [0, 0.1) is 0 Å². The summed E-state index contributed by atoms with van der Waals surface area (Å²) >= 11 is 0. The molecule has 4 aromatic carbocycles. The number of hydrogen-bond donors (Lipinski definition) is 1. The molecule has 0 spiro atoms. The van der Waals surface area contributed by atoms with E-state index in [0.717, 1.165) is 28.0 Å². The van der Waals surface area contributed by atoms with Gasteiger partial charge in [0.05, 0.1) is 7.11 Å². The highest BCUT2D eigenvalue weighted by atomic mass is 16.5. The van der Waals surface area contributed by atoms with Crippen LogP contribution in [-0.2, 0) is 0 Å². The van der Waals surface area contributed by atoms with E-state index in [9.17, 15) is 5.11 Å². The van der Waals surface area contributed by atoms with Crippen LogP contribution in [0.4, 0.5) is 0 Å². The van der Waals surface area contributed by atoms with E-state index in [0.29, 0.717) is 11.5 Å². The van der Waals surface area contributed by atoms with Crippen molar-refractivity contribution in [1.82, 2.24) is 0 Å². The number of phenols is 1. The van der Waals surface area contributed by atoms with Gasteiger partial charge in [-0.2, -0.15) is 0 Å². The standard InChI is InChI=1S/C27H22O3/c1-29-23-18-16-22(17-19-23)27(30-25-15-9-8-14-24(25)28)26(20-10-4-2-5-11-20)21-12-6-3-7-13-21/h2-19,28H,1H3. The predicted octanol–water partition coefficient (Wildman–Crippen LogP) is 6.40. The van der Waals surface area contributed by atoms with Gasteiger partial charge >= 0.3 is 0 Å². The molecule has 0 aliphatic carbocycles. The molecule has 1 N–H and O–H groups in total. The zero-order valence-electron chi connectivity index (χ0n) is 16.7. The fourth-order valence-corrected chi connectivity index (χ4v) is 3.29. The molecular formula is C27H22O3. The Hall–Kier alpha value is -3.98. The Balaban J connectivity index is 1.98. The third kappa shape index (κ3) is 4.20. The minimum Gasteiger partial charge on any atom is -0.504 e. The summed E-state index contributed by atoms with van der Waals surface area (Å²) in [5.74, 6) is 1.90. The van der Waals surface area contributed by atoms with Crippen LogP contribution < -0.4 is 9.47 Å². The van der Waals surface area contributed by atoms with Gasteiger partial charge in [0.2, 0.25) is 0 Å². The molecule has 148 valence electrons. The fourth-order valence-electron chi connectivity index (χ4n) is 3.29. The van der Waals surface area contributed by atoms with Gasteiger partial charge < -0.3 is 14.6 Å². The van der Waals surface area contributed by atoms with Crippen LogP contribution in [0.1, 0.15) is 16.7 Å². The number of rotatable bonds is 6. The second-order valence-electron chi connectivity index (χ2n) is 6.73. The first-order valence-electron chi connectivity index (χ1n) is 9.71. The van der Waals surface area contributed by atoms with Crippen LogP contribution in [0.2, 0.25) is 0 Å². The molecule has 0 saturated heterocycles. The highest BCUT2D eigenvalue weighted by Crippen LogP contribution is 2.37. The molecule has 0 fully saturated rings. The van der Waals surface area contributed by atoms with Crippen molar-refractivity contribution in [2.24, 2.45) is 0 Å². The van der Waals surface area contributed by atoms with E-state index in [2.05, 4.69) is 24.3 Å². The van der Waals surface area contributed by atoms with E-state index in [-0.39, 0.29) is 5.75 Å². The summed E-state index contributed by atoms with van der Waals surface area (Å²) in [5.41, 5.74) is 3.85. The first-order valence-corrected chi connectivity index (χ1v) is 9.71. The molecule has 0 amide bonds. The predicted molar refractivity (Wildman–Crippen MR) is 121 cm³/mol. The van der Waals surface area contributed by atoms with Crippen LogP contribution in [0.15, 0.2) is 109 Å². The van der Waals surface area contributed by atoms with Gasteiger partial charge in [0.15, 0.2) is 11.5 Å². The first kappa shape index (κ1) is 19.3. The SMILES string of the molecule is COc1ccc(C(Oc2ccccc2O)=C(c2ccccc2)c2ccccc2)cc1. The largest absolute Gasteiger partial charge is 0.504 e. The summed E-state index contributed by atoms with van der Waals surface area (Å²) in [7, 11) is 1.64. The molecule has 3 heteroatoms. The monoisotopic (exact) mass is 394 g/mol. The molecule has 0 aromatic heterocycles. The molecule has 0 unspecified atom stereocenters. The van der Waals surface area contributed by atoms with Crippen molar-refractivity contribution < 1.29 is 14.6 Å². The van der Waals surface area contributed by atoms with Crippen LogP contribution >= 0.6 is 0 Å². The van der Waals surface area contributed by atoms with Gasteiger partial charge in [-0.1, -0.05) is 72.8 Å². The Morgan fingerprint density at radius 1 is 0.600 bits per heavy atom. The van der Waals surface area contributed by atoms with Crippen LogP contribution in [0.5, 0.6) is 17.2 Å². The second kappa shape index (κ2) is 9.01. The Morgan fingerprint density at radius 2 is 1.13 bits per heavy atom. The lowest BCUT2D eigenvalue weighted by atomic mass is 9.94. The van der Waals surface area contributed by atoms with E-state index in [4.69, 9.17) is 9.47 Å². The second-order valence-corrected chi connectivity index (χ2v) is 6.73. The lowest BCUT2D eigenvalue weighted by molar-refractivity contribution is 0.414. The molecule has 3 nitrogen and oxygen atoms in total. The molecule has 4 aromatic rings. The van der Waals surface area contributed by atoms with Crippen molar-refractivity contribution in [2.45, 2.75) is 0 Å². The Labute approximate surface area is 176 Å². The van der Waals surface area contributed by atoms with Gasteiger partial charge in [-0.25, -0.2) is 0 Å². The van der Waals surface area contributed by atoms with Crippen molar-refractivity contribution in [3.63, 3.8) is 0 Å². The lowest BCUT2D eigenvalue weighted by Gasteiger charge is -2.18. The Morgan fingerprint density at radius 3 is 1.67 bits per heavy atom. The van der Waals surface area contributed by atoms with Gasteiger partial charge in [-0.05, 0) is 47.5 Å². The average molecular weight is 394 g/mol. The van der Waals surface area contributed by atoms with Gasteiger partial charge in [0.25, 0.3) is 0 Å². The van der Waals surface area contributed by atoms with Crippen LogP contribution in [-0.4, -0.2) is 12.2 Å². The summed E-state index contributed by atoms with van der Waals surface area (Å²) in [5, 5.41) is 10.3. The maximum atomic E-state index is 10.3. The molecule has 30 heavy (non-hydrogen) atoms. The van der Waals surface area contributed by atoms with Crippen molar-refractivity contribution in [2.75, 3.05) is 7.11 Å². The minimum atomic E-state index is 0.0870. The molecule has 0 heterocycles. The molecule has 0 atom stereocenters. The third-order valence-corrected chi connectivity index (χ3v) is 4.78. The average Bonchev–Trinajstić information content (AvgIpc) is 2.81. The van der Waals surface area contributed by atoms with Crippen molar-refractivity contribution in [3.8, 4) is 17.2 Å². The summed E-state index contributed by atoms with van der Waals surface area (Å²) in [6.07, 6.45) is 0. The summed E-state index contributed by atoms with van der Waals surface area (Å²) in [6.45, 7) is 0. The molecular weight excluding hydrogens is 372 g/mol. The molecule has 0 bridgehead atoms. The number of para-hydroxylation sites is 2. The van der Waals surface area contributed by atoms with E-state index in [1.54, 1.807) is 25.3 Å². The number of benzene rings is 4. The topological polar surface area (TPSA) is 38.7 Å². The van der Waals surface area contributed by atoms with E-state index < -0.39 is 0 Å². The number of ether oxygens (including phenoxy) is 2. The van der Waals surface area contributed by atoms with Gasteiger partial charge in [0, 0.05) is 11.1 Å². The molecule has 0 saturated carbocycles. The van der Waals surface area contributed by atoms with Crippen LogP contribution in [0.25, 0.3) is 11.3 Å². The number of methoxy groups -OCH3 is 1. The number of aromatic hydroxyl groups is 1. The van der Waals surface area contributed by atoms with Crippen LogP contribution in [0.3, 0.4) is 0 Å². The number of phenolic OH excluding ortho intramolecular Hbond substituents is 1. The summed E-state index contributed by atoms with van der Waals surface area (Å²) in [4.78, 5) is 0. The van der Waals surface area contributed by atoms with Crippen molar-refractivity contribution in [1.29, 1.82) is 0 Å². The smallest absolute Gasteiger partial charge is 0.169 e. The normalized spacial score (nSPS) is 10.3. The van der Waals surface area contributed by atoms with E-state index in [1.807, 2.05) is 66.7 Å². The maximum absolute atomic E-state index is 10.3. The molecule has 0 aliphatic heterocycles. The molecule has 0 aliphatic rings. The maximum Gasteiger partial charge on any atom is 0.169 e. The zero-order valence-corrected chi connectivity index (χ0v) is 16.7. The van der Waals surface area contributed by atoms with Gasteiger partial charge in [0.1, 0.15) is 11.5 Å². The highest BCUT2D eigenvalue weighted by molar-refractivity contribution is 5.96. The summed E-state index contributed by atoms with van der Waals surface area (Å²) in [6, 6.07) is 34.9. The van der Waals surface area contributed by atoms with Crippen molar-refractivity contribution >= 4 is 11.3 Å². The fraction of sp³-hybridized carbons (Fsp3) is 0.0370. The van der Waals surface area contributed by atoms with Crippen molar-refractivity contribution in [3.05, 3.63) is 126 Å². The quantitative estimate of drug-likeness (QED) is 0.304. The Kier molecular flexibility index (Phi) is 5.81. The third-order valence-electron chi connectivity index (χ3n) is 4.78. The lowest BCUT2D eigenvalue weighted by Crippen LogP contribution is -2.02. The van der Waals surface area contributed by atoms with E-state index >= 15 is 0 Å². The highest BCUT2D eigenvalue weighted by Gasteiger charge is 2.18. The molecule has 4 rings (SSSR count). The van der Waals surface area contributed by atoms with E-state index in [1.165, 1.54) is 0 Å². The van der Waals surface area contributed by atoms with Gasteiger partial charge in [-0.3, -0.25) is 0 Å². The Bertz CT molecular complexity index is 1090. The minimum absolute atomic E-state index is 0.0870. The summed E-state index contributed by atoms with van der Waals surface area (Å²) < 4.78 is 11.7. The zero-order chi connectivity index (χ0) is 20.8. The first-order chi connectivity index (χ1) is 14.8. The molecule has 0 radical (unpaired) electrons. The number of hydrogen-bond acceptors (Lipinski definition) is 3. The van der Waals surface area contributed by atoms with Gasteiger partial charge in [-0.15, -0.1) is 0 Å².